The summed E-state index contributed by atoms with van der Waals surface area (Å²) < 4.78 is 58.6. The van der Waals surface area contributed by atoms with Crippen LogP contribution in [0.5, 0.6) is 5.75 Å². The first kappa shape index (κ1) is 44.5. The number of Topliss-reactive ketones (excluding diaryl/α,β-unsaturated/α-hetero) is 1. The van der Waals surface area contributed by atoms with E-state index in [-0.39, 0.29) is 32.3 Å². The van der Waals surface area contributed by atoms with Gasteiger partial charge in [-0.05, 0) is 40.7 Å². The summed E-state index contributed by atoms with van der Waals surface area (Å²) in [5.74, 6) is -9.50. The van der Waals surface area contributed by atoms with E-state index in [1.54, 1.807) is 83.3 Å². The van der Waals surface area contributed by atoms with Gasteiger partial charge in [-0.3, -0.25) is 14.4 Å². The van der Waals surface area contributed by atoms with Crippen molar-refractivity contribution in [2.75, 3.05) is 40.1 Å². The summed E-state index contributed by atoms with van der Waals surface area (Å²) >= 11 is 0. The van der Waals surface area contributed by atoms with Gasteiger partial charge in [-0.2, -0.15) is 8.78 Å². The number of ketones is 1. The quantitative estimate of drug-likeness (QED) is 0.0819. The fourth-order valence-electron chi connectivity index (χ4n) is 5.16. The summed E-state index contributed by atoms with van der Waals surface area (Å²) in [7, 11) is 1.54. The van der Waals surface area contributed by atoms with E-state index in [1.165, 1.54) is 0 Å². The Kier molecular flexibility index (Phi) is 18.7. The lowest BCUT2D eigenvalue weighted by Crippen LogP contribution is -2.60. The highest BCUT2D eigenvalue weighted by Crippen LogP contribution is 2.22. The maximum absolute atomic E-state index is 15.9. The van der Waals surface area contributed by atoms with Gasteiger partial charge in [0, 0.05) is 13.5 Å². The van der Waals surface area contributed by atoms with Crippen molar-refractivity contribution in [2.24, 2.45) is 11.8 Å². The first-order valence-electron chi connectivity index (χ1n) is 18.2. The first-order chi connectivity index (χ1) is 26.3. The van der Waals surface area contributed by atoms with E-state index in [1.807, 2.05) is 36.4 Å². The molecule has 0 radical (unpaired) electrons. The molecule has 3 aromatic carbocycles. The van der Waals surface area contributed by atoms with Gasteiger partial charge in [-0.25, -0.2) is 4.79 Å². The molecule has 0 saturated heterocycles. The number of hydrogen-bond donors (Lipinski definition) is 3. The Hall–Kier alpha value is -4.92. The van der Waals surface area contributed by atoms with Crippen molar-refractivity contribution < 1.29 is 51.6 Å². The highest BCUT2D eigenvalue weighted by Gasteiger charge is 2.51. The van der Waals surface area contributed by atoms with Crippen LogP contribution < -0.4 is 20.7 Å². The molecule has 12 nitrogen and oxygen atoms in total. The summed E-state index contributed by atoms with van der Waals surface area (Å²) in [4.78, 5) is 53.1. The molecular formula is C41H53F2N3O9. The van der Waals surface area contributed by atoms with Crippen LogP contribution in [-0.2, 0) is 53.0 Å². The average Bonchev–Trinajstić information content (AvgIpc) is 3.17. The van der Waals surface area contributed by atoms with Gasteiger partial charge in [-0.1, -0.05) is 100 Å². The van der Waals surface area contributed by atoms with E-state index in [0.717, 1.165) is 5.56 Å². The minimum Gasteiger partial charge on any atom is -0.489 e. The van der Waals surface area contributed by atoms with Gasteiger partial charge in [0.15, 0.2) is 0 Å². The minimum atomic E-state index is -4.55. The van der Waals surface area contributed by atoms with Crippen LogP contribution in [0.15, 0.2) is 84.9 Å². The molecule has 0 aliphatic heterocycles. The van der Waals surface area contributed by atoms with Crippen LogP contribution in [0, 0.1) is 11.8 Å². The molecule has 300 valence electrons. The molecule has 3 amide bonds. The SMILES string of the molecule is COCCOCCOC[C@H](NC(=O)C(F)(F)C(=O)[C@H](Cc1ccc(OCc2ccccc2)cc1)NC(=O)[C@@H](NC(=O)OCc1ccccc1)C(C)C)C(C)C. The predicted octanol–water partition coefficient (Wildman–Crippen LogP) is 5.27. The zero-order valence-corrected chi connectivity index (χ0v) is 32.1. The smallest absolute Gasteiger partial charge is 0.408 e. The molecule has 0 spiro atoms. The topological polar surface area (TPSA) is 151 Å². The molecule has 0 bridgehead atoms. The highest BCUT2D eigenvalue weighted by atomic mass is 19.3. The number of benzene rings is 3. The summed E-state index contributed by atoms with van der Waals surface area (Å²) in [6.45, 7) is 7.94. The number of nitrogens with one attached hydrogen (secondary N) is 3. The predicted molar refractivity (Wildman–Crippen MR) is 201 cm³/mol. The van der Waals surface area contributed by atoms with Crippen molar-refractivity contribution in [1.29, 1.82) is 0 Å². The number of amides is 3. The van der Waals surface area contributed by atoms with Gasteiger partial charge >= 0.3 is 12.0 Å². The zero-order chi connectivity index (χ0) is 40.2. The van der Waals surface area contributed by atoms with Gasteiger partial charge in [0.25, 0.3) is 5.91 Å². The number of carbonyl (C=O) groups is 4. The zero-order valence-electron chi connectivity index (χ0n) is 32.1. The average molecular weight is 770 g/mol. The van der Waals surface area contributed by atoms with Gasteiger partial charge in [0.1, 0.15) is 25.0 Å². The number of hydrogen-bond acceptors (Lipinski definition) is 9. The van der Waals surface area contributed by atoms with Crippen molar-refractivity contribution in [3.63, 3.8) is 0 Å². The summed E-state index contributed by atoms with van der Waals surface area (Å²) in [5.41, 5.74) is 2.06. The first-order valence-corrected chi connectivity index (χ1v) is 18.2. The van der Waals surface area contributed by atoms with E-state index in [4.69, 9.17) is 23.7 Å². The lowest BCUT2D eigenvalue weighted by molar-refractivity contribution is -0.161. The summed E-state index contributed by atoms with van der Waals surface area (Å²) in [5, 5.41) is 7.11. The molecule has 3 N–H and O–H groups in total. The fourth-order valence-corrected chi connectivity index (χ4v) is 5.16. The highest BCUT2D eigenvalue weighted by molar-refractivity contribution is 6.10. The summed E-state index contributed by atoms with van der Waals surface area (Å²) in [6, 6.07) is 20.7. The third kappa shape index (κ3) is 15.4. The van der Waals surface area contributed by atoms with Crippen LogP contribution >= 0.6 is 0 Å². The second kappa shape index (κ2) is 23.1. The monoisotopic (exact) mass is 769 g/mol. The van der Waals surface area contributed by atoms with Crippen LogP contribution in [-0.4, -0.2) is 87.9 Å². The maximum Gasteiger partial charge on any atom is 0.408 e. The Morgan fingerprint density at radius 2 is 1.25 bits per heavy atom. The van der Waals surface area contributed by atoms with Crippen LogP contribution in [0.1, 0.15) is 44.4 Å². The number of rotatable bonds is 24. The Balaban J connectivity index is 1.76. The molecule has 0 saturated carbocycles. The third-order valence-corrected chi connectivity index (χ3v) is 8.50. The number of methoxy groups -OCH3 is 1. The van der Waals surface area contributed by atoms with E-state index in [9.17, 15) is 19.2 Å². The second-order valence-electron chi connectivity index (χ2n) is 13.6. The molecule has 0 aliphatic rings. The van der Waals surface area contributed by atoms with Gasteiger partial charge in [0.05, 0.1) is 45.1 Å². The molecule has 3 aromatic rings. The van der Waals surface area contributed by atoms with Gasteiger partial charge in [0.2, 0.25) is 11.7 Å². The van der Waals surface area contributed by atoms with Gasteiger partial charge < -0.3 is 39.6 Å². The maximum atomic E-state index is 15.9. The summed E-state index contributed by atoms with van der Waals surface area (Å²) in [6.07, 6.45) is -1.31. The number of alkyl halides is 2. The molecule has 14 heteroatoms. The van der Waals surface area contributed by atoms with Crippen molar-refractivity contribution in [1.82, 2.24) is 16.0 Å². The van der Waals surface area contributed by atoms with Crippen LogP contribution in [0.2, 0.25) is 0 Å². The van der Waals surface area contributed by atoms with Crippen molar-refractivity contribution in [3.05, 3.63) is 102 Å². The molecule has 3 atom stereocenters. The molecule has 0 aromatic heterocycles. The molecule has 55 heavy (non-hydrogen) atoms. The second-order valence-corrected chi connectivity index (χ2v) is 13.6. The largest absolute Gasteiger partial charge is 0.489 e. The van der Waals surface area contributed by atoms with E-state index in [0.29, 0.717) is 36.7 Å². The van der Waals surface area contributed by atoms with Crippen LogP contribution in [0.4, 0.5) is 13.6 Å². The van der Waals surface area contributed by atoms with Gasteiger partial charge in [-0.15, -0.1) is 0 Å². The molecule has 0 fully saturated rings. The van der Waals surface area contributed by atoms with Crippen molar-refractivity contribution in [3.8, 4) is 5.75 Å². The van der Waals surface area contributed by atoms with Crippen LogP contribution in [0.25, 0.3) is 0 Å². The molecule has 0 heterocycles. The number of halogens is 2. The Morgan fingerprint density at radius 3 is 1.84 bits per heavy atom. The van der Waals surface area contributed by atoms with Crippen molar-refractivity contribution >= 4 is 23.7 Å². The molecule has 3 rings (SSSR count). The molecule has 0 unspecified atom stereocenters. The number of ether oxygens (including phenoxy) is 5. The lowest BCUT2D eigenvalue weighted by atomic mass is 9.96. The fraction of sp³-hybridized carbons (Fsp3) is 0.463. The Bertz CT molecular complexity index is 1610. The normalized spacial score (nSPS) is 13.1. The lowest BCUT2D eigenvalue weighted by Gasteiger charge is -2.28. The van der Waals surface area contributed by atoms with Crippen LogP contribution in [0.3, 0.4) is 0 Å². The van der Waals surface area contributed by atoms with Crippen molar-refractivity contribution in [2.45, 2.75) is 71.4 Å². The molecular weight excluding hydrogens is 716 g/mol. The van der Waals surface area contributed by atoms with E-state index in [2.05, 4.69) is 16.0 Å². The third-order valence-electron chi connectivity index (χ3n) is 8.50. The Morgan fingerprint density at radius 1 is 0.673 bits per heavy atom. The minimum absolute atomic E-state index is 0.0722. The number of carbonyl (C=O) groups excluding carboxylic acids is 4. The van der Waals surface area contributed by atoms with E-state index < -0.39 is 60.1 Å². The number of alkyl carbamates (subject to hydrolysis) is 1. The molecule has 0 aliphatic carbocycles. The standard InChI is InChI=1S/C41H53F2N3O9/c1-28(2)35(27-53-23-22-52-21-20-51-5)45-39(49)41(42,43)37(47)34(24-30-16-18-33(19-17-30)54-25-31-12-8-6-9-13-31)44-38(48)36(29(3)4)46-40(50)55-26-32-14-10-7-11-15-32/h6-19,28-29,34-36H,20-27H2,1-5H3,(H,44,48)(H,45,49)(H,46,50)/t34-,35-,36-/m0/s1. The Labute approximate surface area is 321 Å². The van der Waals surface area contributed by atoms with E-state index >= 15 is 8.78 Å².